The Kier molecular flexibility index (Phi) is 3.15. The summed E-state index contributed by atoms with van der Waals surface area (Å²) >= 11 is 0. The fourth-order valence-electron chi connectivity index (χ4n) is 2.94. The zero-order chi connectivity index (χ0) is 13.4. The molecule has 1 unspecified atom stereocenters. The van der Waals surface area contributed by atoms with Gasteiger partial charge in [0.2, 0.25) is 0 Å². The molecule has 3 heteroatoms. The highest BCUT2D eigenvalue weighted by Crippen LogP contribution is 2.28. The van der Waals surface area contributed by atoms with Gasteiger partial charge in [-0.15, -0.1) is 0 Å². The maximum atomic E-state index is 4.67. The van der Waals surface area contributed by atoms with Gasteiger partial charge in [-0.1, -0.05) is 17.7 Å². The Hall–Kier alpha value is -1.61. The molecule has 1 saturated heterocycles. The summed E-state index contributed by atoms with van der Waals surface area (Å²) < 4.78 is 2.26. The van der Waals surface area contributed by atoms with Crippen molar-refractivity contribution in [1.29, 1.82) is 0 Å². The summed E-state index contributed by atoms with van der Waals surface area (Å²) in [5.41, 5.74) is 5.13. The van der Waals surface area contributed by atoms with Crippen molar-refractivity contribution in [3.63, 3.8) is 0 Å². The minimum atomic E-state index is 0.559. The van der Waals surface area contributed by atoms with Crippen molar-refractivity contribution < 1.29 is 0 Å². The summed E-state index contributed by atoms with van der Waals surface area (Å²) in [4.78, 5) is 4.67. The average molecular weight is 255 g/mol. The number of hydrogen-bond donors (Lipinski definition) is 1. The van der Waals surface area contributed by atoms with Gasteiger partial charge in [0, 0.05) is 25.1 Å². The third-order valence-corrected chi connectivity index (χ3v) is 4.12. The molecule has 1 aliphatic rings. The lowest BCUT2D eigenvalue weighted by Crippen LogP contribution is -2.11. The lowest BCUT2D eigenvalue weighted by Gasteiger charge is -2.12. The Labute approximate surface area is 114 Å². The van der Waals surface area contributed by atoms with Gasteiger partial charge in [-0.05, 0) is 38.4 Å². The number of nitrogens with one attached hydrogen (secondary N) is 1. The molecule has 100 valence electrons. The van der Waals surface area contributed by atoms with Crippen LogP contribution in [0.15, 0.2) is 24.4 Å². The van der Waals surface area contributed by atoms with Crippen LogP contribution in [-0.2, 0) is 7.05 Å². The van der Waals surface area contributed by atoms with Crippen molar-refractivity contribution in [2.45, 2.75) is 26.2 Å². The number of nitrogens with zero attached hydrogens (tertiary/aromatic N) is 2. The van der Waals surface area contributed by atoms with Gasteiger partial charge in [0.05, 0.1) is 11.9 Å². The Morgan fingerprint density at radius 2 is 2.16 bits per heavy atom. The van der Waals surface area contributed by atoms with Crippen molar-refractivity contribution in [1.82, 2.24) is 14.9 Å². The molecule has 1 N–H and O–H groups in total. The number of rotatable bonds is 2. The Balaban J connectivity index is 2.04. The third kappa shape index (κ3) is 2.19. The van der Waals surface area contributed by atoms with E-state index in [1.54, 1.807) is 0 Å². The Morgan fingerprint density at radius 1 is 1.32 bits per heavy atom. The molecule has 2 aromatic rings. The highest BCUT2D eigenvalue weighted by atomic mass is 15.1. The summed E-state index contributed by atoms with van der Waals surface area (Å²) in [6, 6.07) is 6.61. The Morgan fingerprint density at radius 3 is 2.89 bits per heavy atom. The second-order valence-electron chi connectivity index (χ2n) is 5.57. The molecule has 1 aromatic carbocycles. The fourth-order valence-corrected chi connectivity index (χ4v) is 2.94. The summed E-state index contributed by atoms with van der Waals surface area (Å²) in [5, 5.41) is 3.41. The first-order valence-electron chi connectivity index (χ1n) is 6.97. The van der Waals surface area contributed by atoms with Crippen molar-refractivity contribution in [3.05, 3.63) is 41.3 Å². The molecule has 1 atom stereocenters. The minimum absolute atomic E-state index is 0.559. The molecule has 19 heavy (non-hydrogen) atoms. The highest BCUT2D eigenvalue weighted by Gasteiger charge is 2.22. The number of aromatic nitrogens is 2. The lowest BCUT2D eigenvalue weighted by molar-refractivity contribution is 0.662. The minimum Gasteiger partial charge on any atom is -0.331 e. The van der Waals surface area contributed by atoms with Gasteiger partial charge in [-0.2, -0.15) is 0 Å². The predicted molar refractivity (Wildman–Crippen MR) is 78.3 cm³/mol. The monoisotopic (exact) mass is 255 g/mol. The van der Waals surface area contributed by atoms with E-state index in [4.69, 9.17) is 0 Å². The van der Waals surface area contributed by atoms with E-state index in [2.05, 4.69) is 54.0 Å². The van der Waals surface area contributed by atoms with Crippen LogP contribution in [0.1, 0.15) is 29.3 Å². The summed E-state index contributed by atoms with van der Waals surface area (Å²) in [6.07, 6.45) is 3.21. The zero-order valence-electron chi connectivity index (χ0n) is 11.9. The number of hydrogen-bond acceptors (Lipinski definition) is 2. The second-order valence-corrected chi connectivity index (χ2v) is 5.57. The van der Waals surface area contributed by atoms with Gasteiger partial charge in [-0.25, -0.2) is 4.98 Å². The van der Waals surface area contributed by atoms with E-state index in [9.17, 15) is 0 Å². The smallest absolute Gasteiger partial charge is 0.113 e. The molecular formula is C16H21N3. The van der Waals surface area contributed by atoms with Crippen molar-refractivity contribution in [2.24, 2.45) is 7.05 Å². The quantitative estimate of drug-likeness (QED) is 0.894. The predicted octanol–water partition coefficient (Wildman–Crippen LogP) is 2.78. The molecular weight excluding hydrogens is 234 g/mol. The highest BCUT2D eigenvalue weighted by molar-refractivity contribution is 5.64. The molecule has 0 bridgehead atoms. The first kappa shape index (κ1) is 12.4. The van der Waals surface area contributed by atoms with Crippen LogP contribution in [0.25, 0.3) is 11.3 Å². The summed E-state index contributed by atoms with van der Waals surface area (Å²) in [5.74, 6) is 1.77. The maximum absolute atomic E-state index is 4.67. The summed E-state index contributed by atoms with van der Waals surface area (Å²) in [6.45, 7) is 6.47. The molecule has 0 spiro atoms. The van der Waals surface area contributed by atoms with Crippen LogP contribution in [0, 0.1) is 13.8 Å². The molecule has 0 radical (unpaired) electrons. The van der Waals surface area contributed by atoms with Crippen molar-refractivity contribution in [3.8, 4) is 11.3 Å². The third-order valence-electron chi connectivity index (χ3n) is 4.12. The fraction of sp³-hybridized carbons (Fsp3) is 0.438. The normalized spacial score (nSPS) is 19.0. The molecule has 1 aromatic heterocycles. The SMILES string of the molecule is Cc1ccc(C)c(-c2cnc(C3CCNC3)n2C)c1. The first-order chi connectivity index (χ1) is 9.16. The van der Waals surface area contributed by atoms with Crippen LogP contribution in [0.3, 0.4) is 0 Å². The number of benzene rings is 1. The van der Waals surface area contributed by atoms with Gasteiger partial charge in [0.1, 0.15) is 5.82 Å². The van der Waals surface area contributed by atoms with E-state index in [-0.39, 0.29) is 0 Å². The van der Waals surface area contributed by atoms with Crippen LogP contribution >= 0.6 is 0 Å². The van der Waals surface area contributed by atoms with Crippen molar-refractivity contribution >= 4 is 0 Å². The molecule has 0 aliphatic carbocycles. The number of aryl methyl sites for hydroxylation is 2. The molecule has 2 heterocycles. The molecule has 1 fully saturated rings. The molecule has 3 nitrogen and oxygen atoms in total. The van der Waals surface area contributed by atoms with E-state index < -0.39 is 0 Å². The maximum Gasteiger partial charge on any atom is 0.113 e. The van der Waals surface area contributed by atoms with Gasteiger partial charge in [0.25, 0.3) is 0 Å². The van der Waals surface area contributed by atoms with Gasteiger partial charge < -0.3 is 9.88 Å². The lowest BCUT2D eigenvalue weighted by atomic mass is 10.0. The molecule has 0 saturated carbocycles. The average Bonchev–Trinajstić information content (AvgIpc) is 3.01. The van der Waals surface area contributed by atoms with E-state index in [1.807, 2.05) is 6.20 Å². The van der Waals surface area contributed by atoms with E-state index in [1.165, 1.54) is 34.6 Å². The zero-order valence-corrected chi connectivity index (χ0v) is 11.9. The summed E-state index contributed by atoms with van der Waals surface area (Å²) in [7, 11) is 2.14. The van der Waals surface area contributed by atoms with Crippen LogP contribution in [0.5, 0.6) is 0 Å². The largest absolute Gasteiger partial charge is 0.331 e. The topological polar surface area (TPSA) is 29.9 Å². The first-order valence-corrected chi connectivity index (χ1v) is 6.97. The van der Waals surface area contributed by atoms with E-state index in [0.717, 1.165) is 13.1 Å². The van der Waals surface area contributed by atoms with Crippen LogP contribution in [-0.4, -0.2) is 22.6 Å². The molecule has 1 aliphatic heterocycles. The van der Waals surface area contributed by atoms with Crippen LogP contribution in [0.2, 0.25) is 0 Å². The van der Waals surface area contributed by atoms with Gasteiger partial charge in [-0.3, -0.25) is 0 Å². The standard InChI is InChI=1S/C16H21N3/c1-11-4-5-12(2)14(8-11)15-10-18-16(19(15)3)13-6-7-17-9-13/h4-5,8,10,13,17H,6-7,9H2,1-3H3. The van der Waals surface area contributed by atoms with E-state index in [0.29, 0.717) is 5.92 Å². The molecule has 3 rings (SSSR count). The van der Waals surface area contributed by atoms with Gasteiger partial charge >= 0.3 is 0 Å². The second kappa shape index (κ2) is 4.82. The molecule has 0 amide bonds. The van der Waals surface area contributed by atoms with Crippen LogP contribution < -0.4 is 5.32 Å². The van der Waals surface area contributed by atoms with E-state index >= 15 is 0 Å². The Bertz CT molecular complexity index is 592. The van der Waals surface area contributed by atoms with Crippen molar-refractivity contribution in [2.75, 3.05) is 13.1 Å². The number of imidazole rings is 1. The van der Waals surface area contributed by atoms with Gasteiger partial charge in [0.15, 0.2) is 0 Å². The van der Waals surface area contributed by atoms with Crippen LogP contribution in [0.4, 0.5) is 0 Å².